The number of carbonyl (C=O) groups excluding carboxylic acids is 2. The largest absolute Gasteiger partial charge is 0.347 e. The fourth-order valence-electron chi connectivity index (χ4n) is 2.71. The van der Waals surface area contributed by atoms with Gasteiger partial charge in [-0.2, -0.15) is 0 Å². The summed E-state index contributed by atoms with van der Waals surface area (Å²) in [6.45, 7) is 0.826. The molecule has 0 saturated carbocycles. The van der Waals surface area contributed by atoms with Gasteiger partial charge in [0.2, 0.25) is 11.8 Å². The molecule has 1 aromatic carbocycles. The highest BCUT2D eigenvalue weighted by molar-refractivity contribution is 5.88. The first-order valence-electron chi connectivity index (χ1n) is 8.47. The molecule has 2 amide bonds. The number of nitrogens with one attached hydrogen (secondary N) is 3. The van der Waals surface area contributed by atoms with Crippen LogP contribution in [-0.2, 0) is 16.0 Å². The minimum atomic E-state index is -0.211. The molecule has 1 unspecified atom stereocenters. The van der Waals surface area contributed by atoms with E-state index in [9.17, 15) is 9.59 Å². The molecule has 6 heteroatoms. The van der Waals surface area contributed by atoms with E-state index in [1.54, 1.807) is 6.20 Å². The predicted octanol–water partition coefficient (Wildman–Crippen LogP) is 0.960. The van der Waals surface area contributed by atoms with Gasteiger partial charge in [-0.25, -0.2) is 0 Å². The molecule has 1 aliphatic rings. The van der Waals surface area contributed by atoms with Crippen molar-refractivity contribution in [2.75, 3.05) is 13.1 Å². The number of pyridine rings is 1. The van der Waals surface area contributed by atoms with Gasteiger partial charge >= 0.3 is 0 Å². The number of hydrogen-bond donors (Lipinski definition) is 3. The van der Waals surface area contributed by atoms with Gasteiger partial charge in [0.05, 0.1) is 18.6 Å². The van der Waals surface area contributed by atoms with Gasteiger partial charge in [-0.1, -0.05) is 36.4 Å². The average Bonchev–Trinajstić information content (AvgIpc) is 2.60. The molecule has 2 atom stereocenters. The summed E-state index contributed by atoms with van der Waals surface area (Å²) in [6.07, 6.45) is 3.15. The first-order valence-corrected chi connectivity index (χ1v) is 8.47. The molecule has 0 radical (unpaired) electrons. The standard InChI is InChI=1S/C19H22N4O2/c24-18(13-22-19(25)16-9-11-21-16)23-17(14-6-2-1-3-7-14)12-15-8-4-5-10-20-15/h1-8,10,16-17,21H,9,11-13H2,(H,22,25)(H,23,24)/t16-,17?/m0/s1. The van der Waals surface area contributed by atoms with Gasteiger partial charge in [-0.15, -0.1) is 0 Å². The fourth-order valence-corrected chi connectivity index (χ4v) is 2.71. The molecule has 1 saturated heterocycles. The lowest BCUT2D eigenvalue weighted by Crippen LogP contribution is -2.54. The average molecular weight is 338 g/mol. The number of aromatic nitrogens is 1. The molecular formula is C19H22N4O2. The topological polar surface area (TPSA) is 83.1 Å². The minimum Gasteiger partial charge on any atom is -0.347 e. The van der Waals surface area contributed by atoms with Gasteiger partial charge < -0.3 is 16.0 Å². The molecular weight excluding hydrogens is 316 g/mol. The van der Waals surface area contributed by atoms with E-state index in [0.717, 1.165) is 24.2 Å². The molecule has 0 spiro atoms. The first kappa shape index (κ1) is 17.1. The summed E-state index contributed by atoms with van der Waals surface area (Å²) >= 11 is 0. The first-order chi connectivity index (χ1) is 12.2. The summed E-state index contributed by atoms with van der Waals surface area (Å²) in [5.41, 5.74) is 1.91. The van der Waals surface area contributed by atoms with E-state index in [1.807, 2.05) is 48.5 Å². The summed E-state index contributed by atoms with van der Waals surface area (Å²) in [6, 6.07) is 15.2. The molecule has 0 bridgehead atoms. The zero-order valence-electron chi connectivity index (χ0n) is 13.9. The van der Waals surface area contributed by atoms with Crippen molar-refractivity contribution in [3.8, 4) is 0 Å². The van der Waals surface area contributed by atoms with E-state index in [0.29, 0.717) is 6.42 Å². The quantitative estimate of drug-likeness (QED) is 0.702. The van der Waals surface area contributed by atoms with Gasteiger partial charge in [0, 0.05) is 18.3 Å². The molecule has 3 N–H and O–H groups in total. The Morgan fingerprint density at radius 1 is 1.16 bits per heavy atom. The molecule has 6 nitrogen and oxygen atoms in total. The normalized spacial score (nSPS) is 17.2. The highest BCUT2D eigenvalue weighted by atomic mass is 16.2. The van der Waals surface area contributed by atoms with Gasteiger partial charge in [0.15, 0.2) is 0 Å². The van der Waals surface area contributed by atoms with Crippen LogP contribution in [-0.4, -0.2) is 35.9 Å². The van der Waals surface area contributed by atoms with Crippen molar-refractivity contribution in [1.29, 1.82) is 0 Å². The van der Waals surface area contributed by atoms with Crippen LogP contribution in [0.5, 0.6) is 0 Å². The lowest BCUT2D eigenvalue weighted by atomic mass is 10.0. The highest BCUT2D eigenvalue weighted by Crippen LogP contribution is 2.17. The summed E-state index contributed by atoms with van der Waals surface area (Å²) in [7, 11) is 0. The summed E-state index contributed by atoms with van der Waals surface area (Å²) in [5.74, 6) is -0.333. The Morgan fingerprint density at radius 2 is 1.92 bits per heavy atom. The van der Waals surface area contributed by atoms with Crippen LogP contribution in [0.25, 0.3) is 0 Å². The third-order valence-corrected chi connectivity index (χ3v) is 4.24. The number of amides is 2. The Bertz CT molecular complexity index is 702. The number of hydrogen-bond acceptors (Lipinski definition) is 4. The van der Waals surface area contributed by atoms with Gasteiger partial charge in [0.1, 0.15) is 0 Å². The third-order valence-electron chi connectivity index (χ3n) is 4.24. The van der Waals surface area contributed by atoms with Crippen molar-refractivity contribution < 1.29 is 9.59 Å². The van der Waals surface area contributed by atoms with Crippen molar-refractivity contribution in [3.63, 3.8) is 0 Å². The maximum Gasteiger partial charge on any atom is 0.239 e. The molecule has 1 fully saturated rings. The van der Waals surface area contributed by atoms with Crippen LogP contribution >= 0.6 is 0 Å². The van der Waals surface area contributed by atoms with Gasteiger partial charge in [-0.3, -0.25) is 14.6 Å². The Labute approximate surface area is 147 Å². The lowest BCUT2D eigenvalue weighted by Gasteiger charge is -2.26. The summed E-state index contributed by atoms with van der Waals surface area (Å²) < 4.78 is 0. The smallest absolute Gasteiger partial charge is 0.239 e. The predicted molar refractivity (Wildman–Crippen MR) is 94.7 cm³/mol. The zero-order valence-corrected chi connectivity index (χ0v) is 13.9. The molecule has 2 heterocycles. The lowest BCUT2D eigenvalue weighted by molar-refractivity contribution is -0.128. The molecule has 3 rings (SSSR count). The molecule has 2 aromatic rings. The second-order valence-electron chi connectivity index (χ2n) is 6.07. The highest BCUT2D eigenvalue weighted by Gasteiger charge is 2.24. The second kappa shape index (κ2) is 8.39. The van der Waals surface area contributed by atoms with Crippen molar-refractivity contribution in [2.45, 2.75) is 24.9 Å². The Hall–Kier alpha value is -2.73. The molecule has 1 aliphatic heterocycles. The Morgan fingerprint density at radius 3 is 2.56 bits per heavy atom. The summed E-state index contributed by atoms with van der Waals surface area (Å²) in [5, 5.41) is 8.69. The van der Waals surface area contributed by atoms with Crippen molar-refractivity contribution in [2.24, 2.45) is 0 Å². The fraction of sp³-hybridized carbons (Fsp3) is 0.316. The molecule has 1 aromatic heterocycles. The van der Waals surface area contributed by atoms with Crippen LogP contribution in [0.4, 0.5) is 0 Å². The molecule has 25 heavy (non-hydrogen) atoms. The van der Waals surface area contributed by atoms with E-state index >= 15 is 0 Å². The number of rotatable bonds is 7. The van der Waals surface area contributed by atoms with E-state index in [2.05, 4.69) is 20.9 Å². The van der Waals surface area contributed by atoms with Crippen LogP contribution in [0.3, 0.4) is 0 Å². The maximum absolute atomic E-state index is 12.3. The van der Waals surface area contributed by atoms with E-state index in [-0.39, 0.29) is 30.4 Å². The van der Waals surface area contributed by atoms with Gasteiger partial charge in [-0.05, 0) is 30.7 Å². The molecule has 130 valence electrons. The van der Waals surface area contributed by atoms with E-state index in [4.69, 9.17) is 0 Å². The number of nitrogens with zero attached hydrogens (tertiary/aromatic N) is 1. The number of benzene rings is 1. The second-order valence-corrected chi connectivity index (χ2v) is 6.07. The van der Waals surface area contributed by atoms with Crippen molar-refractivity contribution in [3.05, 3.63) is 66.0 Å². The zero-order chi connectivity index (χ0) is 17.5. The van der Waals surface area contributed by atoms with Crippen molar-refractivity contribution in [1.82, 2.24) is 20.9 Å². The van der Waals surface area contributed by atoms with Crippen LogP contribution in [0.15, 0.2) is 54.7 Å². The Kier molecular flexibility index (Phi) is 5.74. The van der Waals surface area contributed by atoms with E-state index < -0.39 is 0 Å². The SMILES string of the molecule is O=C(CNC(=O)[C@@H]1CCN1)NC(Cc1ccccn1)c1ccccc1. The van der Waals surface area contributed by atoms with Crippen LogP contribution in [0.2, 0.25) is 0 Å². The maximum atomic E-state index is 12.3. The summed E-state index contributed by atoms with van der Waals surface area (Å²) in [4.78, 5) is 28.4. The monoisotopic (exact) mass is 338 g/mol. The minimum absolute atomic E-state index is 0.0252. The van der Waals surface area contributed by atoms with Crippen LogP contribution in [0.1, 0.15) is 23.7 Å². The Balaban J connectivity index is 1.60. The van der Waals surface area contributed by atoms with Crippen LogP contribution < -0.4 is 16.0 Å². The van der Waals surface area contributed by atoms with Crippen LogP contribution in [0, 0.1) is 0 Å². The van der Waals surface area contributed by atoms with Gasteiger partial charge in [0.25, 0.3) is 0 Å². The van der Waals surface area contributed by atoms with Crippen molar-refractivity contribution >= 4 is 11.8 Å². The number of carbonyl (C=O) groups is 2. The molecule has 0 aliphatic carbocycles. The van der Waals surface area contributed by atoms with E-state index in [1.165, 1.54) is 0 Å². The third kappa shape index (κ3) is 4.87.